The minimum absolute atomic E-state index is 0.0992. The zero-order valence-corrected chi connectivity index (χ0v) is 15.1. The van der Waals surface area contributed by atoms with Crippen LogP contribution >= 0.6 is 23.2 Å². The minimum atomic E-state index is -0.656. The molecule has 0 saturated carbocycles. The Hall–Kier alpha value is -2.57. The van der Waals surface area contributed by atoms with Crippen LogP contribution in [-0.4, -0.2) is 11.9 Å². The number of anilines is 1. The molecule has 1 aliphatic rings. The molecule has 0 aliphatic carbocycles. The third-order valence-corrected chi connectivity index (χ3v) is 4.44. The van der Waals surface area contributed by atoms with Gasteiger partial charge < -0.3 is 16.0 Å². The molecule has 0 fully saturated rings. The predicted octanol–water partition coefficient (Wildman–Crippen LogP) is 4.40. The van der Waals surface area contributed by atoms with Gasteiger partial charge in [-0.1, -0.05) is 35.3 Å². The van der Waals surface area contributed by atoms with Crippen LogP contribution in [0.15, 0.2) is 53.7 Å². The van der Waals surface area contributed by atoms with Gasteiger partial charge in [0, 0.05) is 16.4 Å². The molecule has 0 aromatic heterocycles. The quantitative estimate of drug-likeness (QED) is 0.722. The highest BCUT2D eigenvalue weighted by molar-refractivity contribution is 6.31. The van der Waals surface area contributed by atoms with Gasteiger partial charge in [-0.15, -0.1) is 0 Å². The average molecular weight is 394 g/mol. The van der Waals surface area contributed by atoms with E-state index in [1.165, 1.54) is 12.1 Å². The number of urea groups is 1. The van der Waals surface area contributed by atoms with E-state index in [4.69, 9.17) is 23.2 Å². The molecule has 1 atom stereocenters. The van der Waals surface area contributed by atoms with Crippen molar-refractivity contribution in [3.8, 4) is 0 Å². The molecule has 1 heterocycles. The van der Waals surface area contributed by atoms with Crippen molar-refractivity contribution >= 4 is 40.8 Å². The van der Waals surface area contributed by atoms with E-state index in [-0.39, 0.29) is 5.02 Å². The van der Waals surface area contributed by atoms with Crippen LogP contribution in [0, 0.1) is 5.82 Å². The number of benzene rings is 2. The average Bonchev–Trinajstić information content (AvgIpc) is 2.58. The summed E-state index contributed by atoms with van der Waals surface area (Å²) in [4.78, 5) is 24.7. The normalized spacial score (nSPS) is 16.8. The Labute approximate surface area is 159 Å². The molecule has 0 spiro atoms. The fourth-order valence-electron chi connectivity index (χ4n) is 2.67. The second kappa shape index (κ2) is 7.35. The lowest BCUT2D eigenvalue weighted by Gasteiger charge is -2.28. The lowest BCUT2D eigenvalue weighted by atomic mass is 9.95. The van der Waals surface area contributed by atoms with Crippen LogP contribution in [0.5, 0.6) is 0 Å². The van der Waals surface area contributed by atoms with Crippen molar-refractivity contribution in [2.45, 2.75) is 13.0 Å². The monoisotopic (exact) mass is 393 g/mol. The van der Waals surface area contributed by atoms with Crippen molar-refractivity contribution in [1.29, 1.82) is 0 Å². The molecule has 2 aromatic rings. The zero-order valence-electron chi connectivity index (χ0n) is 13.6. The zero-order chi connectivity index (χ0) is 18.8. The van der Waals surface area contributed by atoms with Crippen LogP contribution in [0.25, 0.3) is 0 Å². The molecule has 0 radical (unpaired) electrons. The molecule has 8 heteroatoms. The molecule has 0 bridgehead atoms. The summed E-state index contributed by atoms with van der Waals surface area (Å²) < 4.78 is 13.3. The van der Waals surface area contributed by atoms with Crippen LogP contribution in [0.4, 0.5) is 14.9 Å². The van der Waals surface area contributed by atoms with Crippen LogP contribution < -0.4 is 16.0 Å². The topological polar surface area (TPSA) is 70.2 Å². The van der Waals surface area contributed by atoms with Gasteiger partial charge in [-0.3, -0.25) is 4.79 Å². The fourth-order valence-corrected chi connectivity index (χ4v) is 2.98. The summed E-state index contributed by atoms with van der Waals surface area (Å²) in [5.74, 6) is -1.02. The standard InChI is InChI=1S/C18H14Cl2FN3O2/c1-9-15(17(25)23-12-6-7-14(21)13(20)8-12)16(24-18(26)22-9)10-2-4-11(19)5-3-10/h2-8,16H,1H3,(H,23,25)(H2,22,24,26). The summed E-state index contributed by atoms with van der Waals surface area (Å²) in [7, 11) is 0. The molecule has 1 aliphatic heterocycles. The van der Waals surface area contributed by atoms with Crippen LogP contribution in [0.3, 0.4) is 0 Å². The Bertz CT molecular complexity index is 913. The number of nitrogens with one attached hydrogen (secondary N) is 3. The summed E-state index contributed by atoms with van der Waals surface area (Å²) in [6, 6.07) is 9.63. The van der Waals surface area contributed by atoms with E-state index in [0.717, 1.165) is 6.07 Å². The van der Waals surface area contributed by atoms with Gasteiger partial charge in [-0.05, 0) is 42.8 Å². The molecule has 2 aromatic carbocycles. The van der Waals surface area contributed by atoms with Crippen LogP contribution in [0.1, 0.15) is 18.5 Å². The molecular formula is C18H14Cl2FN3O2. The van der Waals surface area contributed by atoms with Crippen molar-refractivity contribution in [3.05, 3.63) is 75.2 Å². The summed E-state index contributed by atoms with van der Waals surface area (Å²) >= 11 is 11.7. The largest absolute Gasteiger partial charge is 0.327 e. The molecule has 134 valence electrons. The molecule has 3 amide bonds. The van der Waals surface area contributed by atoms with Gasteiger partial charge in [-0.25, -0.2) is 9.18 Å². The highest BCUT2D eigenvalue weighted by Crippen LogP contribution is 2.29. The van der Waals surface area contributed by atoms with Gasteiger partial charge in [0.1, 0.15) is 5.82 Å². The van der Waals surface area contributed by atoms with E-state index in [1.807, 2.05) is 0 Å². The highest BCUT2D eigenvalue weighted by atomic mass is 35.5. The number of hydrogen-bond acceptors (Lipinski definition) is 2. The molecule has 1 unspecified atom stereocenters. The van der Waals surface area contributed by atoms with E-state index in [2.05, 4.69) is 16.0 Å². The summed E-state index contributed by atoms with van der Waals surface area (Å²) in [6.45, 7) is 1.63. The van der Waals surface area contributed by atoms with Gasteiger partial charge in [0.25, 0.3) is 5.91 Å². The Morgan fingerprint density at radius 3 is 2.50 bits per heavy atom. The van der Waals surface area contributed by atoms with Gasteiger partial charge in [-0.2, -0.15) is 0 Å². The first-order valence-electron chi connectivity index (χ1n) is 7.65. The molecule has 3 N–H and O–H groups in total. The maximum Gasteiger partial charge on any atom is 0.319 e. The van der Waals surface area contributed by atoms with E-state index in [9.17, 15) is 14.0 Å². The maximum absolute atomic E-state index is 13.3. The summed E-state index contributed by atoms with van der Waals surface area (Å²) in [5, 5.41) is 8.42. The van der Waals surface area contributed by atoms with Gasteiger partial charge in [0.05, 0.1) is 16.6 Å². The number of carbonyl (C=O) groups excluding carboxylic acids is 2. The number of halogens is 3. The van der Waals surface area contributed by atoms with E-state index >= 15 is 0 Å². The SMILES string of the molecule is CC1=C(C(=O)Nc2ccc(F)c(Cl)c2)C(c2ccc(Cl)cc2)NC(=O)N1. The number of allylic oxidation sites excluding steroid dienone is 1. The fraction of sp³-hybridized carbons (Fsp3) is 0.111. The first-order valence-corrected chi connectivity index (χ1v) is 8.41. The minimum Gasteiger partial charge on any atom is -0.327 e. The van der Waals surface area contributed by atoms with E-state index < -0.39 is 23.8 Å². The molecule has 5 nitrogen and oxygen atoms in total. The third-order valence-electron chi connectivity index (χ3n) is 3.89. The molecule has 0 saturated heterocycles. The van der Waals surface area contributed by atoms with Crippen molar-refractivity contribution < 1.29 is 14.0 Å². The van der Waals surface area contributed by atoms with Crippen LogP contribution in [-0.2, 0) is 4.79 Å². The first-order chi connectivity index (χ1) is 12.3. The maximum atomic E-state index is 13.3. The third kappa shape index (κ3) is 3.81. The smallest absolute Gasteiger partial charge is 0.319 e. The lowest BCUT2D eigenvalue weighted by Crippen LogP contribution is -2.45. The van der Waals surface area contributed by atoms with Crippen molar-refractivity contribution in [1.82, 2.24) is 10.6 Å². The molecular weight excluding hydrogens is 380 g/mol. The van der Waals surface area contributed by atoms with Crippen molar-refractivity contribution in [3.63, 3.8) is 0 Å². The van der Waals surface area contributed by atoms with Crippen molar-refractivity contribution in [2.24, 2.45) is 0 Å². The number of carbonyl (C=O) groups is 2. The van der Waals surface area contributed by atoms with Crippen molar-refractivity contribution in [2.75, 3.05) is 5.32 Å². The summed E-state index contributed by atoms with van der Waals surface area (Å²) in [5.41, 5.74) is 1.78. The Morgan fingerprint density at radius 1 is 1.15 bits per heavy atom. The Balaban J connectivity index is 1.93. The van der Waals surface area contributed by atoms with Crippen LogP contribution in [0.2, 0.25) is 10.0 Å². The predicted molar refractivity (Wildman–Crippen MR) is 98.6 cm³/mol. The lowest BCUT2D eigenvalue weighted by molar-refractivity contribution is -0.113. The number of amides is 3. The highest BCUT2D eigenvalue weighted by Gasteiger charge is 2.31. The Kier molecular flexibility index (Phi) is 5.15. The first kappa shape index (κ1) is 18.2. The number of hydrogen-bond donors (Lipinski definition) is 3. The summed E-state index contributed by atoms with van der Waals surface area (Å²) in [6.07, 6.45) is 0. The molecule has 3 rings (SSSR count). The second-order valence-electron chi connectivity index (χ2n) is 5.70. The van der Waals surface area contributed by atoms with E-state index in [0.29, 0.717) is 27.5 Å². The Morgan fingerprint density at radius 2 is 1.85 bits per heavy atom. The van der Waals surface area contributed by atoms with Gasteiger partial charge in [0.15, 0.2) is 0 Å². The molecule has 26 heavy (non-hydrogen) atoms. The van der Waals surface area contributed by atoms with Gasteiger partial charge in [0.2, 0.25) is 0 Å². The number of rotatable bonds is 3. The van der Waals surface area contributed by atoms with E-state index in [1.54, 1.807) is 31.2 Å². The van der Waals surface area contributed by atoms with Gasteiger partial charge >= 0.3 is 6.03 Å². The second-order valence-corrected chi connectivity index (χ2v) is 6.55.